The van der Waals surface area contributed by atoms with E-state index in [1.54, 1.807) is 7.11 Å². The van der Waals surface area contributed by atoms with Gasteiger partial charge in [0.1, 0.15) is 5.75 Å². The van der Waals surface area contributed by atoms with Crippen LogP contribution in [0.15, 0.2) is 18.2 Å². The molecule has 0 bridgehead atoms. The molecule has 3 heteroatoms. The van der Waals surface area contributed by atoms with Crippen LogP contribution in [-0.2, 0) is 11.2 Å². The predicted molar refractivity (Wildman–Crippen MR) is 62.9 cm³/mol. The second-order valence-corrected chi connectivity index (χ2v) is 4.21. The Bertz CT molecular complexity index is 371. The smallest absolute Gasteiger partial charge is 0.303 e. The number of hydrogen-bond donors (Lipinski definition) is 1. The average molecular weight is 222 g/mol. The second-order valence-electron chi connectivity index (χ2n) is 4.21. The second kappa shape index (κ2) is 5.54. The van der Waals surface area contributed by atoms with E-state index >= 15 is 0 Å². The highest BCUT2D eigenvalue weighted by Crippen LogP contribution is 2.21. The molecule has 1 unspecified atom stereocenters. The molecule has 1 aromatic rings. The van der Waals surface area contributed by atoms with Crippen LogP contribution in [0.3, 0.4) is 0 Å². The first-order valence-electron chi connectivity index (χ1n) is 5.38. The molecule has 0 radical (unpaired) electrons. The fourth-order valence-corrected chi connectivity index (χ4v) is 1.84. The number of carboxylic acids is 1. The molecule has 0 aliphatic rings. The third-order valence-electron chi connectivity index (χ3n) is 2.57. The van der Waals surface area contributed by atoms with Gasteiger partial charge in [-0.05, 0) is 36.5 Å². The highest BCUT2D eigenvalue weighted by Gasteiger charge is 2.09. The lowest BCUT2D eigenvalue weighted by Gasteiger charge is -2.11. The Morgan fingerprint density at radius 2 is 2.19 bits per heavy atom. The quantitative estimate of drug-likeness (QED) is 0.833. The van der Waals surface area contributed by atoms with Gasteiger partial charge in [-0.3, -0.25) is 4.79 Å². The lowest BCUT2D eigenvalue weighted by atomic mass is 9.97. The lowest BCUT2D eigenvalue weighted by molar-refractivity contribution is -0.137. The van der Waals surface area contributed by atoms with Crippen LogP contribution in [0.1, 0.15) is 24.5 Å². The number of benzene rings is 1. The molecule has 1 rings (SSSR count). The van der Waals surface area contributed by atoms with Crippen molar-refractivity contribution in [1.82, 2.24) is 0 Å². The van der Waals surface area contributed by atoms with Crippen molar-refractivity contribution in [1.29, 1.82) is 0 Å². The Balaban J connectivity index is 2.67. The molecule has 0 saturated heterocycles. The molecule has 0 amide bonds. The SMILES string of the molecule is COc1ccc(CC(C)CC(=O)O)cc1C. The summed E-state index contributed by atoms with van der Waals surface area (Å²) in [5, 5.41) is 8.68. The van der Waals surface area contributed by atoms with Gasteiger partial charge >= 0.3 is 5.97 Å². The van der Waals surface area contributed by atoms with E-state index in [2.05, 4.69) is 6.07 Å². The van der Waals surface area contributed by atoms with Crippen LogP contribution in [-0.4, -0.2) is 18.2 Å². The number of ether oxygens (including phenoxy) is 1. The van der Waals surface area contributed by atoms with Crippen LogP contribution in [0.25, 0.3) is 0 Å². The van der Waals surface area contributed by atoms with Crippen LogP contribution >= 0.6 is 0 Å². The standard InChI is InChI=1S/C13H18O3/c1-9(7-13(14)15)6-11-4-5-12(16-3)10(2)8-11/h4-5,8-9H,6-7H2,1-3H3,(H,14,15). The molecule has 16 heavy (non-hydrogen) atoms. The summed E-state index contributed by atoms with van der Waals surface area (Å²) in [5.41, 5.74) is 2.24. The van der Waals surface area contributed by atoms with Crippen molar-refractivity contribution in [3.8, 4) is 5.75 Å². The van der Waals surface area contributed by atoms with Crippen LogP contribution in [0.2, 0.25) is 0 Å². The molecule has 1 aromatic carbocycles. The van der Waals surface area contributed by atoms with Crippen LogP contribution in [0.4, 0.5) is 0 Å². The number of methoxy groups -OCH3 is 1. The number of carboxylic acid groups (broad SMARTS) is 1. The number of rotatable bonds is 5. The largest absolute Gasteiger partial charge is 0.496 e. The van der Waals surface area contributed by atoms with Gasteiger partial charge in [0.2, 0.25) is 0 Å². The van der Waals surface area contributed by atoms with Gasteiger partial charge in [0.15, 0.2) is 0 Å². The van der Waals surface area contributed by atoms with Gasteiger partial charge in [-0.2, -0.15) is 0 Å². The summed E-state index contributed by atoms with van der Waals surface area (Å²) in [6.07, 6.45) is 1.00. The number of aliphatic carboxylic acids is 1. The van der Waals surface area contributed by atoms with Crippen LogP contribution in [0.5, 0.6) is 5.75 Å². The maximum absolute atomic E-state index is 10.5. The molecule has 88 valence electrons. The topological polar surface area (TPSA) is 46.5 Å². The van der Waals surface area contributed by atoms with Gasteiger partial charge in [0.25, 0.3) is 0 Å². The highest BCUT2D eigenvalue weighted by molar-refractivity contribution is 5.67. The average Bonchev–Trinajstić information content (AvgIpc) is 2.16. The van der Waals surface area contributed by atoms with Crippen molar-refractivity contribution in [3.05, 3.63) is 29.3 Å². The van der Waals surface area contributed by atoms with Crippen molar-refractivity contribution in [3.63, 3.8) is 0 Å². The zero-order chi connectivity index (χ0) is 12.1. The van der Waals surface area contributed by atoms with E-state index in [1.165, 1.54) is 0 Å². The third-order valence-corrected chi connectivity index (χ3v) is 2.57. The molecule has 0 aliphatic heterocycles. The third kappa shape index (κ3) is 3.57. The maximum atomic E-state index is 10.5. The Hall–Kier alpha value is -1.51. The maximum Gasteiger partial charge on any atom is 0.303 e. The van der Waals surface area contributed by atoms with Gasteiger partial charge in [-0.15, -0.1) is 0 Å². The molecule has 0 aliphatic carbocycles. The zero-order valence-electron chi connectivity index (χ0n) is 9.99. The van der Waals surface area contributed by atoms with Gasteiger partial charge in [-0.25, -0.2) is 0 Å². The summed E-state index contributed by atoms with van der Waals surface area (Å²) in [4.78, 5) is 10.5. The van der Waals surface area contributed by atoms with E-state index in [0.717, 1.165) is 23.3 Å². The minimum absolute atomic E-state index is 0.158. The van der Waals surface area contributed by atoms with Gasteiger partial charge in [0.05, 0.1) is 7.11 Å². The minimum Gasteiger partial charge on any atom is -0.496 e. The first-order chi connectivity index (χ1) is 7.52. The lowest BCUT2D eigenvalue weighted by Crippen LogP contribution is -2.07. The fraction of sp³-hybridized carbons (Fsp3) is 0.462. The Labute approximate surface area is 96.1 Å². The van der Waals surface area contributed by atoms with Crippen LogP contribution < -0.4 is 4.74 Å². The Morgan fingerprint density at radius 3 is 2.69 bits per heavy atom. The number of hydrogen-bond acceptors (Lipinski definition) is 2. The number of aryl methyl sites for hydroxylation is 1. The molecular weight excluding hydrogens is 204 g/mol. The molecule has 0 heterocycles. The molecule has 0 aromatic heterocycles. The molecule has 1 atom stereocenters. The van der Waals surface area contributed by atoms with Crippen molar-refractivity contribution in [2.24, 2.45) is 5.92 Å². The summed E-state index contributed by atoms with van der Waals surface area (Å²) in [7, 11) is 1.65. The van der Waals surface area contributed by atoms with Gasteiger partial charge in [-0.1, -0.05) is 19.1 Å². The van der Waals surface area contributed by atoms with Crippen molar-refractivity contribution in [2.75, 3.05) is 7.11 Å². The monoisotopic (exact) mass is 222 g/mol. The van der Waals surface area contributed by atoms with E-state index in [1.807, 2.05) is 26.0 Å². The van der Waals surface area contributed by atoms with E-state index in [-0.39, 0.29) is 12.3 Å². The fourth-order valence-electron chi connectivity index (χ4n) is 1.84. The van der Waals surface area contributed by atoms with E-state index in [9.17, 15) is 4.79 Å². The summed E-state index contributed by atoms with van der Waals surface area (Å²) < 4.78 is 5.18. The van der Waals surface area contributed by atoms with Crippen molar-refractivity contribution in [2.45, 2.75) is 26.7 Å². The van der Waals surface area contributed by atoms with E-state index in [4.69, 9.17) is 9.84 Å². The van der Waals surface area contributed by atoms with Crippen LogP contribution in [0, 0.1) is 12.8 Å². The summed E-state index contributed by atoms with van der Waals surface area (Å²) in [6.45, 7) is 3.94. The summed E-state index contributed by atoms with van der Waals surface area (Å²) in [6, 6.07) is 5.97. The molecule has 1 N–H and O–H groups in total. The minimum atomic E-state index is -0.738. The van der Waals surface area contributed by atoms with Gasteiger partial charge < -0.3 is 9.84 Å². The zero-order valence-corrected chi connectivity index (χ0v) is 9.99. The highest BCUT2D eigenvalue weighted by atomic mass is 16.5. The summed E-state index contributed by atoms with van der Waals surface area (Å²) in [5.74, 6) is 0.290. The summed E-state index contributed by atoms with van der Waals surface area (Å²) >= 11 is 0. The van der Waals surface area contributed by atoms with E-state index in [0.29, 0.717) is 0 Å². The number of carbonyl (C=O) groups is 1. The Morgan fingerprint density at radius 1 is 1.50 bits per heavy atom. The first kappa shape index (κ1) is 12.6. The molecule has 0 fully saturated rings. The van der Waals surface area contributed by atoms with Gasteiger partial charge in [0, 0.05) is 6.42 Å². The molecular formula is C13H18O3. The Kier molecular flexibility index (Phi) is 4.35. The molecule has 3 nitrogen and oxygen atoms in total. The normalized spacial score (nSPS) is 12.2. The predicted octanol–water partition coefficient (Wildman–Crippen LogP) is 2.66. The van der Waals surface area contributed by atoms with Crippen molar-refractivity contribution >= 4 is 5.97 Å². The van der Waals surface area contributed by atoms with Crippen molar-refractivity contribution < 1.29 is 14.6 Å². The van der Waals surface area contributed by atoms with E-state index < -0.39 is 5.97 Å². The molecule has 0 saturated carbocycles. The molecule has 0 spiro atoms. The first-order valence-corrected chi connectivity index (χ1v) is 5.38.